The van der Waals surface area contributed by atoms with E-state index in [1.807, 2.05) is 12.1 Å². The summed E-state index contributed by atoms with van der Waals surface area (Å²) in [7, 11) is 0. The Morgan fingerprint density at radius 3 is 2.44 bits per heavy atom. The molecule has 0 aliphatic carbocycles. The average Bonchev–Trinajstić information content (AvgIpc) is 2.28. The molecule has 0 bridgehead atoms. The second kappa shape index (κ2) is 5.89. The van der Waals surface area contributed by atoms with Crippen molar-refractivity contribution in [3.05, 3.63) is 28.2 Å². The molecule has 0 aliphatic heterocycles. The van der Waals surface area contributed by atoms with Crippen LogP contribution in [0, 0.1) is 22.7 Å². The molecule has 0 N–H and O–H groups in total. The Bertz CT molecular complexity index is 457. The van der Waals surface area contributed by atoms with Gasteiger partial charge in [0.05, 0.1) is 12.1 Å². The van der Waals surface area contributed by atoms with Crippen LogP contribution in [0.15, 0.2) is 22.7 Å². The van der Waals surface area contributed by atoms with E-state index in [1.165, 1.54) is 0 Å². The summed E-state index contributed by atoms with van der Waals surface area (Å²) < 4.78 is 0.784. The van der Waals surface area contributed by atoms with E-state index in [4.69, 9.17) is 10.5 Å². The zero-order valence-corrected chi connectivity index (χ0v) is 9.94. The van der Waals surface area contributed by atoms with Gasteiger partial charge in [-0.3, -0.25) is 4.79 Å². The smallest absolute Gasteiger partial charge is 0.152 e. The van der Waals surface area contributed by atoms with Crippen molar-refractivity contribution in [1.82, 2.24) is 0 Å². The van der Waals surface area contributed by atoms with Crippen LogP contribution in [0.2, 0.25) is 0 Å². The number of halogens is 1. The summed E-state index contributed by atoms with van der Waals surface area (Å²) in [5, 5.41) is 17.3. The molecule has 1 aromatic carbocycles. The number of hydrogen-bond donors (Lipinski definition) is 0. The van der Waals surface area contributed by atoms with E-state index in [0.29, 0.717) is 17.5 Å². The van der Waals surface area contributed by atoms with Gasteiger partial charge in [0.2, 0.25) is 0 Å². The van der Waals surface area contributed by atoms with E-state index in [2.05, 4.69) is 15.9 Å². The molecule has 80 valence electrons. The highest BCUT2D eigenvalue weighted by Crippen LogP contribution is 2.22. The first-order valence-corrected chi connectivity index (χ1v) is 5.25. The summed E-state index contributed by atoms with van der Waals surface area (Å²) in [6.07, 6.45) is 0.710. The average molecular weight is 278 g/mol. The van der Waals surface area contributed by atoms with Crippen molar-refractivity contribution in [1.29, 1.82) is 10.5 Å². The molecule has 0 saturated heterocycles. The Morgan fingerprint density at radius 2 is 1.94 bits per heavy atom. The van der Waals surface area contributed by atoms with Gasteiger partial charge in [-0.25, -0.2) is 0 Å². The maximum atomic E-state index is 10.9. The number of rotatable bonds is 4. The summed E-state index contributed by atoms with van der Waals surface area (Å²) in [5.41, 5.74) is 1.06. The number of carbonyl (C=O) groups excluding carboxylic acids is 1. The van der Waals surface area contributed by atoms with Crippen LogP contribution in [-0.2, 0) is 0 Å². The monoisotopic (exact) mass is 277 g/mol. The van der Waals surface area contributed by atoms with Gasteiger partial charge >= 0.3 is 0 Å². The Labute approximate surface area is 102 Å². The van der Waals surface area contributed by atoms with Crippen LogP contribution in [0.25, 0.3) is 0 Å². The van der Waals surface area contributed by atoms with Crippen molar-refractivity contribution in [3.8, 4) is 12.1 Å². The van der Waals surface area contributed by atoms with E-state index in [-0.39, 0.29) is 13.1 Å². The Balaban J connectivity index is 3.14. The van der Waals surface area contributed by atoms with Crippen LogP contribution < -0.4 is 4.90 Å². The first kappa shape index (κ1) is 12.2. The quantitative estimate of drug-likeness (QED) is 0.625. The summed E-state index contributed by atoms with van der Waals surface area (Å²) >= 11 is 3.26. The number of nitriles is 2. The number of hydrogen-bond acceptors (Lipinski definition) is 4. The number of anilines is 1. The predicted molar refractivity (Wildman–Crippen MR) is 63.0 cm³/mol. The molecule has 4 nitrogen and oxygen atoms in total. The molecule has 1 aromatic rings. The van der Waals surface area contributed by atoms with Crippen molar-refractivity contribution in [2.24, 2.45) is 0 Å². The molecule has 0 amide bonds. The highest BCUT2D eigenvalue weighted by atomic mass is 79.9. The summed E-state index contributed by atoms with van der Waals surface area (Å²) in [4.78, 5) is 12.4. The summed E-state index contributed by atoms with van der Waals surface area (Å²) in [5.74, 6) is 0. The van der Waals surface area contributed by atoms with Gasteiger partial charge in [-0.2, -0.15) is 10.5 Å². The summed E-state index contributed by atoms with van der Waals surface area (Å²) in [6.45, 7) is 0.159. The SMILES string of the molecule is N#CCN(CC#N)c1ccc(Br)cc1C=O. The molecule has 0 aromatic heterocycles. The van der Waals surface area contributed by atoms with Gasteiger partial charge in [-0.15, -0.1) is 0 Å². The van der Waals surface area contributed by atoms with Crippen LogP contribution in [-0.4, -0.2) is 19.4 Å². The molecule has 1 rings (SSSR count). The van der Waals surface area contributed by atoms with Gasteiger partial charge in [-0.05, 0) is 18.2 Å². The maximum Gasteiger partial charge on any atom is 0.152 e. The minimum Gasteiger partial charge on any atom is -0.344 e. The molecule has 0 radical (unpaired) electrons. The third kappa shape index (κ3) is 2.82. The van der Waals surface area contributed by atoms with Crippen LogP contribution in [0.5, 0.6) is 0 Å². The summed E-state index contributed by atoms with van der Waals surface area (Å²) in [6, 6.07) is 9.06. The minimum atomic E-state index is 0.0794. The van der Waals surface area contributed by atoms with Gasteiger partial charge in [-0.1, -0.05) is 15.9 Å². The second-order valence-electron chi connectivity index (χ2n) is 2.99. The Hall–Kier alpha value is -1.85. The van der Waals surface area contributed by atoms with Crippen LogP contribution >= 0.6 is 15.9 Å². The van der Waals surface area contributed by atoms with Crippen LogP contribution in [0.3, 0.4) is 0 Å². The van der Waals surface area contributed by atoms with E-state index in [1.54, 1.807) is 23.1 Å². The van der Waals surface area contributed by atoms with Gasteiger partial charge < -0.3 is 4.90 Å². The molecule has 0 spiro atoms. The molecule has 5 heteroatoms. The fourth-order valence-electron chi connectivity index (χ4n) is 1.30. The molecule has 0 aliphatic rings. The maximum absolute atomic E-state index is 10.9. The van der Waals surface area contributed by atoms with Crippen molar-refractivity contribution < 1.29 is 4.79 Å². The first-order chi connectivity index (χ1) is 7.72. The molecule has 0 unspecified atom stereocenters. The lowest BCUT2D eigenvalue weighted by atomic mass is 10.1. The third-order valence-corrected chi connectivity index (χ3v) is 2.47. The van der Waals surface area contributed by atoms with E-state index in [0.717, 1.165) is 4.47 Å². The van der Waals surface area contributed by atoms with E-state index >= 15 is 0 Å². The van der Waals surface area contributed by atoms with Crippen molar-refractivity contribution in [2.75, 3.05) is 18.0 Å². The predicted octanol–water partition coefficient (Wildman–Crippen LogP) is 2.12. The van der Waals surface area contributed by atoms with Crippen molar-refractivity contribution in [2.45, 2.75) is 0 Å². The Morgan fingerprint density at radius 1 is 1.31 bits per heavy atom. The van der Waals surface area contributed by atoms with E-state index in [9.17, 15) is 4.79 Å². The van der Waals surface area contributed by atoms with Crippen LogP contribution in [0.1, 0.15) is 10.4 Å². The molecule has 0 saturated carbocycles. The molecular weight excluding hydrogens is 270 g/mol. The molecule has 0 atom stereocenters. The minimum absolute atomic E-state index is 0.0794. The van der Waals surface area contributed by atoms with Gasteiger partial charge in [0.1, 0.15) is 13.1 Å². The molecular formula is C11H8BrN3O. The van der Waals surface area contributed by atoms with Crippen molar-refractivity contribution >= 4 is 27.9 Å². The lowest BCUT2D eigenvalue weighted by Gasteiger charge is -2.19. The van der Waals surface area contributed by atoms with Gasteiger partial charge in [0.15, 0.2) is 6.29 Å². The van der Waals surface area contributed by atoms with Crippen LogP contribution in [0.4, 0.5) is 5.69 Å². The second-order valence-corrected chi connectivity index (χ2v) is 3.91. The molecule has 16 heavy (non-hydrogen) atoms. The number of benzene rings is 1. The van der Waals surface area contributed by atoms with E-state index < -0.39 is 0 Å². The standard InChI is InChI=1S/C11H8BrN3O/c12-10-1-2-11(9(7-10)8-16)15(5-3-13)6-4-14/h1-2,7-8H,5-6H2. The fraction of sp³-hybridized carbons (Fsp3) is 0.182. The van der Waals surface area contributed by atoms with Crippen molar-refractivity contribution in [3.63, 3.8) is 0 Å². The lowest BCUT2D eigenvalue weighted by molar-refractivity contribution is 0.112. The fourth-order valence-corrected chi connectivity index (χ4v) is 1.68. The zero-order valence-electron chi connectivity index (χ0n) is 8.35. The molecule has 0 fully saturated rings. The third-order valence-electron chi connectivity index (χ3n) is 1.98. The number of nitrogens with zero attached hydrogens (tertiary/aromatic N) is 3. The largest absolute Gasteiger partial charge is 0.344 e. The highest BCUT2D eigenvalue weighted by Gasteiger charge is 2.10. The normalized spacial score (nSPS) is 8.94. The van der Waals surface area contributed by atoms with Gasteiger partial charge in [0.25, 0.3) is 0 Å². The zero-order chi connectivity index (χ0) is 12.0. The Kier molecular flexibility index (Phi) is 4.50. The van der Waals surface area contributed by atoms with Gasteiger partial charge in [0, 0.05) is 15.7 Å². The molecule has 0 heterocycles. The highest BCUT2D eigenvalue weighted by molar-refractivity contribution is 9.10. The first-order valence-electron chi connectivity index (χ1n) is 4.46. The number of aldehydes is 1. The number of carbonyl (C=O) groups is 1. The topological polar surface area (TPSA) is 67.9 Å². The lowest BCUT2D eigenvalue weighted by Crippen LogP contribution is -2.24.